The highest BCUT2D eigenvalue weighted by Crippen LogP contribution is 2.24. The van der Waals surface area contributed by atoms with E-state index in [0.29, 0.717) is 13.2 Å². The Morgan fingerprint density at radius 3 is 1.59 bits per heavy atom. The van der Waals surface area contributed by atoms with E-state index >= 15 is 0 Å². The second-order valence-electron chi connectivity index (χ2n) is 4.52. The summed E-state index contributed by atoms with van der Waals surface area (Å²) in [6.07, 6.45) is 10.3. The van der Waals surface area contributed by atoms with Crippen LogP contribution in [-0.2, 0) is 13.6 Å². The minimum atomic E-state index is -2.36. The van der Waals surface area contributed by atoms with Crippen LogP contribution < -0.4 is 0 Å². The van der Waals surface area contributed by atoms with Crippen LogP contribution in [-0.4, -0.2) is 13.2 Å². The van der Waals surface area contributed by atoms with Gasteiger partial charge < -0.3 is 9.05 Å². The Hall–Kier alpha value is -1.25. The molecule has 0 spiro atoms. The maximum Gasteiger partial charge on any atom is 0.319 e. The fraction of sp³-hybridized carbons (Fsp3) is 0.556. The monoisotopic (exact) mass is 322 g/mol. The summed E-state index contributed by atoms with van der Waals surface area (Å²) < 4.78 is 21.7. The lowest BCUT2D eigenvalue weighted by Gasteiger charge is -2.03. The van der Waals surface area contributed by atoms with E-state index in [1.54, 1.807) is 0 Å². The van der Waals surface area contributed by atoms with Gasteiger partial charge in [0.2, 0.25) is 0 Å². The van der Waals surface area contributed by atoms with Gasteiger partial charge in [-0.3, -0.25) is 4.57 Å². The highest BCUT2D eigenvalue weighted by Gasteiger charge is 1.98. The van der Waals surface area contributed by atoms with Crippen molar-refractivity contribution in [3.05, 3.63) is 25.3 Å². The Kier molecular flexibility index (Phi) is 16.8. The lowest BCUT2D eigenvalue weighted by atomic mass is 10.3. The van der Waals surface area contributed by atoms with E-state index in [-0.39, 0.29) is 0 Å². The molecule has 3 nitrogen and oxygen atoms in total. The Bertz CT molecular complexity index is 395. The van der Waals surface area contributed by atoms with Gasteiger partial charge in [0, 0.05) is 25.7 Å². The minimum absolute atomic E-state index is 0.426. The van der Waals surface area contributed by atoms with Gasteiger partial charge in [0.15, 0.2) is 0 Å². The molecule has 0 bridgehead atoms. The summed E-state index contributed by atoms with van der Waals surface area (Å²) in [6, 6.07) is 0. The molecule has 4 heteroatoms. The van der Waals surface area contributed by atoms with Crippen LogP contribution in [0.4, 0.5) is 0 Å². The zero-order valence-electron chi connectivity index (χ0n) is 13.4. The van der Waals surface area contributed by atoms with Gasteiger partial charge >= 0.3 is 8.25 Å². The Labute approximate surface area is 136 Å². The van der Waals surface area contributed by atoms with E-state index in [1.165, 1.54) is 0 Å². The van der Waals surface area contributed by atoms with Crippen LogP contribution in [0.5, 0.6) is 0 Å². The van der Waals surface area contributed by atoms with Crippen LogP contribution in [0.1, 0.15) is 51.4 Å². The van der Waals surface area contributed by atoms with E-state index in [4.69, 9.17) is 9.05 Å². The molecular weight excluding hydrogens is 295 g/mol. The van der Waals surface area contributed by atoms with Crippen LogP contribution in [0.15, 0.2) is 25.3 Å². The van der Waals surface area contributed by atoms with Crippen LogP contribution in [0.2, 0.25) is 0 Å². The molecule has 22 heavy (non-hydrogen) atoms. The molecule has 0 aliphatic rings. The fourth-order valence-electron chi connectivity index (χ4n) is 1.38. The van der Waals surface area contributed by atoms with Crippen molar-refractivity contribution in [1.29, 1.82) is 0 Å². The van der Waals surface area contributed by atoms with E-state index in [1.807, 2.05) is 12.2 Å². The van der Waals surface area contributed by atoms with E-state index in [9.17, 15) is 4.57 Å². The third-order valence-electron chi connectivity index (χ3n) is 2.53. The quantitative estimate of drug-likeness (QED) is 0.222. The maximum atomic E-state index is 11.4. The van der Waals surface area contributed by atoms with Crippen molar-refractivity contribution < 1.29 is 13.6 Å². The van der Waals surface area contributed by atoms with Crippen LogP contribution in [0, 0.1) is 23.7 Å². The van der Waals surface area contributed by atoms with Crippen LogP contribution >= 0.6 is 8.25 Å². The molecule has 0 rings (SSSR count). The second-order valence-corrected chi connectivity index (χ2v) is 5.59. The molecule has 0 aromatic rings. The van der Waals surface area contributed by atoms with E-state index < -0.39 is 8.25 Å². The lowest BCUT2D eigenvalue weighted by molar-refractivity contribution is 0.223. The average Bonchev–Trinajstić information content (AvgIpc) is 2.52. The SMILES string of the molecule is C=CCCC#CCCCO[PH](=O)OCCCC#CCCC=C. The molecule has 0 saturated carbocycles. The molecule has 0 fully saturated rings. The molecule has 0 radical (unpaired) electrons. The first kappa shape index (κ1) is 20.8. The topological polar surface area (TPSA) is 35.5 Å². The molecule has 0 aromatic carbocycles. The van der Waals surface area contributed by atoms with Gasteiger partial charge in [-0.05, 0) is 25.7 Å². The summed E-state index contributed by atoms with van der Waals surface area (Å²) >= 11 is 0. The Balaban J connectivity index is 3.38. The first-order chi connectivity index (χ1) is 10.8. The van der Waals surface area contributed by atoms with Gasteiger partial charge in [-0.2, -0.15) is 0 Å². The molecular formula is C18H27O3P. The molecule has 0 aliphatic heterocycles. The van der Waals surface area contributed by atoms with Gasteiger partial charge in [0.05, 0.1) is 13.2 Å². The van der Waals surface area contributed by atoms with Crippen molar-refractivity contribution in [3.63, 3.8) is 0 Å². The van der Waals surface area contributed by atoms with Gasteiger partial charge in [-0.15, -0.1) is 36.8 Å². The zero-order chi connectivity index (χ0) is 16.3. The van der Waals surface area contributed by atoms with Gasteiger partial charge in [0.25, 0.3) is 0 Å². The first-order valence-corrected chi connectivity index (χ1v) is 8.96. The summed E-state index contributed by atoms with van der Waals surface area (Å²) in [4.78, 5) is 0. The Morgan fingerprint density at radius 1 is 0.773 bits per heavy atom. The molecule has 0 unspecified atom stereocenters. The Morgan fingerprint density at radius 2 is 1.18 bits per heavy atom. The van der Waals surface area contributed by atoms with Gasteiger partial charge in [-0.25, -0.2) is 0 Å². The highest BCUT2D eigenvalue weighted by molar-refractivity contribution is 7.33. The second kappa shape index (κ2) is 17.8. The third kappa shape index (κ3) is 16.8. The molecule has 0 atom stereocenters. The normalized spacial score (nSPS) is 9.50. The molecule has 0 aromatic heterocycles. The first-order valence-electron chi connectivity index (χ1n) is 7.74. The van der Waals surface area contributed by atoms with E-state index in [0.717, 1.165) is 51.4 Å². The number of allylic oxidation sites excluding steroid dienone is 2. The number of unbranched alkanes of at least 4 members (excludes halogenated alkanes) is 4. The maximum absolute atomic E-state index is 11.4. The molecule has 0 N–H and O–H groups in total. The van der Waals surface area contributed by atoms with Crippen molar-refractivity contribution in [1.82, 2.24) is 0 Å². The zero-order valence-corrected chi connectivity index (χ0v) is 14.4. The van der Waals surface area contributed by atoms with Crippen molar-refractivity contribution in [3.8, 4) is 23.7 Å². The molecule has 0 amide bonds. The lowest BCUT2D eigenvalue weighted by Crippen LogP contribution is -1.91. The van der Waals surface area contributed by atoms with Crippen molar-refractivity contribution >= 4 is 8.25 Å². The van der Waals surface area contributed by atoms with Gasteiger partial charge in [-0.1, -0.05) is 12.2 Å². The average molecular weight is 322 g/mol. The largest absolute Gasteiger partial charge is 0.319 e. The summed E-state index contributed by atoms with van der Waals surface area (Å²) in [7, 11) is -2.36. The summed E-state index contributed by atoms with van der Waals surface area (Å²) in [5, 5.41) is 0. The number of hydrogen-bond donors (Lipinski definition) is 0. The standard InChI is InChI=1S/C18H27O3P/c1-3-5-7-9-11-13-15-17-20-22(19)21-18-16-14-12-10-8-6-4-2/h3-4,22H,1-2,5-8,13-18H2. The summed E-state index contributed by atoms with van der Waals surface area (Å²) in [5.74, 6) is 12.2. The third-order valence-corrected chi connectivity index (χ3v) is 3.41. The predicted octanol–water partition coefficient (Wildman–Crippen LogP) is 4.91. The summed E-state index contributed by atoms with van der Waals surface area (Å²) in [6.45, 7) is 8.12. The molecule has 122 valence electrons. The minimum Gasteiger partial charge on any atom is -0.311 e. The fourth-order valence-corrected chi connectivity index (χ4v) is 2.08. The molecule has 0 aliphatic carbocycles. The smallest absolute Gasteiger partial charge is 0.311 e. The highest BCUT2D eigenvalue weighted by atomic mass is 31.1. The number of hydrogen-bond acceptors (Lipinski definition) is 3. The number of rotatable bonds is 12. The van der Waals surface area contributed by atoms with E-state index in [2.05, 4.69) is 36.8 Å². The van der Waals surface area contributed by atoms with Crippen molar-refractivity contribution in [2.24, 2.45) is 0 Å². The molecule has 0 saturated heterocycles. The summed E-state index contributed by atoms with van der Waals surface area (Å²) in [5.41, 5.74) is 0. The van der Waals surface area contributed by atoms with Crippen LogP contribution in [0.25, 0.3) is 0 Å². The molecule has 0 heterocycles. The van der Waals surface area contributed by atoms with Gasteiger partial charge in [0.1, 0.15) is 0 Å². The predicted molar refractivity (Wildman–Crippen MR) is 93.8 cm³/mol. The van der Waals surface area contributed by atoms with Crippen molar-refractivity contribution in [2.45, 2.75) is 51.4 Å². The van der Waals surface area contributed by atoms with Crippen molar-refractivity contribution in [2.75, 3.05) is 13.2 Å². The van der Waals surface area contributed by atoms with Crippen LogP contribution in [0.3, 0.4) is 0 Å².